The molecule has 2 aromatic rings. The quantitative estimate of drug-likeness (QED) is 0.603. The highest BCUT2D eigenvalue weighted by Gasteiger charge is 2.28. The maximum Gasteiger partial charge on any atom is 0.262 e. The van der Waals surface area contributed by atoms with E-state index in [-0.39, 0.29) is 17.5 Å². The monoisotopic (exact) mass is 419 g/mol. The minimum Gasteiger partial charge on any atom is -0.352 e. The van der Waals surface area contributed by atoms with E-state index < -0.39 is 0 Å². The molecular formula is C21H29N3O2S2. The molecule has 0 bridgehead atoms. The molecule has 2 aliphatic rings. The normalized spacial score (nSPS) is 24.9. The first kappa shape index (κ1) is 20.0. The molecule has 0 unspecified atom stereocenters. The first-order valence-corrected chi connectivity index (χ1v) is 12.2. The predicted octanol–water partition coefficient (Wildman–Crippen LogP) is 3.91. The Morgan fingerprint density at radius 1 is 1.25 bits per heavy atom. The fourth-order valence-corrected chi connectivity index (χ4v) is 6.65. The summed E-state index contributed by atoms with van der Waals surface area (Å²) in [5.41, 5.74) is 1.25. The lowest BCUT2D eigenvalue weighted by molar-refractivity contribution is -0.120. The molecule has 3 atom stereocenters. The molecule has 1 N–H and O–H groups in total. The number of rotatable bonds is 4. The number of aryl methyl sites for hydroxylation is 2. The Labute approximate surface area is 174 Å². The smallest absolute Gasteiger partial charge is 0.262 e. The number of fused-ring (bicyclic) bond motifs is 3. The Hall–Kier alpha value is -1.34. The van der Waals surface area contributed by atoms with Gasteiger partial charge < -0.3 is 5.32 Å². The zero-order valence-corrected chi connectivity index (χ0v) is 18.5. The molecule has 0 aliphatic heterocycles. The summed E-state index contributed by atoms with van der Waals surface area (Å²) in [5, 5.41) is 4.65. The summed E-state index contributed by atoms with van der Waals surface area (Å²) in [7, 11) is 1.77. The van der Waals surface area contributed by atoms with Crippen LogP contribution in [0.5, 0.6) is 0 Å². The van der Waals surface area contributed by atoms with Crippen LogP contribution in [0.4, 0.5) is 0 Å². The van der Waals surface area contributed by atoms with Gasteiger partial charge in [-0.1, -0.05) is 38.5 Å². The molecule has 5 nitrogen and oxygen atoms in total. The topological polar surface area (TPSA) is 64.0 Å². The lowest BCUT2D eigenvalue weighted by atomic mass is 9.78. The number of amides is 1. The molecular weight excluding hydrogens is 390 g/mol. The van der Waals surface area contributed by atoms with E-state index in [1.54, 1.807) is 23.0 Å². The summed E-state index contributed by atoms with van der Waals surface area (Å²) in [6.45, 7) is 4.51. The van der Waals surface area contributed by atoms with E-state index in [0.717, 1.165) is 35.9 Å². The molecule has 2 aliphatic carbocycles. The van der Waals surface area contributed by atoms with E-state index in [1.165, 1.54) is 41.5 Å². The van der Waals surface area contributed by atoms with Crippen LogP contribution in [0.25, 0.3) is 10.2 Å². The van der Waals surface area contributed by atoms with Gasteiger partial charge in [0.25, 0.3) is 5.56 Å². The third kappa shape index (κ3) is 3.75. The molecule has 28 heavy (non-hydrogen) atoms. The van der Waals surface area contributed by atoms with Crippen molar-refractivity contribution >= 4 is 39.2 Å². The lowest BCUT2D eigenvalue weighted by Gasteiger charge is -2.34. The van der Waals surface area contributed by atoms with Crippen molar-refractivity contribution in [3.63, 3.8) is 0 Å². The summed E-state index contributed by atoms with van der Waals surface area (Å²) in [4.78, 5) is 32.4. The molecule has 1 saturated carbocycles. The van der Waals surface area contributed by atoms with E-state index in [4.69, 9.17) is 4.98 Å². The van der Waals surface area contributed by atoms with Crippen molar-refractivity contribution in [2.24, 2.45) is 18.9 Å². The number of hydrogen-bond acceptors (Lipinski definition) is 5. The third-order valence-electron chi connectivity index (χ3n) is 6.54. The van der Waals surface area contributed by atoms with Crippen molar-refractivity contribution in [1.82, 2.24) is 14.9 Å². The maximum atomic E-state index is 12.9. The van der Waals surface area contributed by atoms with Gasteiger partial charge in [-0.05, 0) is 49.5 Å². The number of thiophene rings is 1. The highest BCUT2D eigenvalue weighted by molar-refractivity contribution is 7.99. The predicted molar refractivity (Wildman–Crippen MR) is 116 cm³/mol. The molecule has 152 valence electrons. The Morgan fingerprint density at radius 2 is 2.04 bits per heavy atom. The number of carbonyl (C=O) groups excluding carboxylic acids is 1. The van der Waals surface area contributed by atoms with Crippen LogP contribution in [0.1, 0.15) is 56.4 Å². The molecule has 2 heterocycles. The first-order chi connectivity index (χ1) is 13.5. The second-order valence-electron chi connectivity index (χ2n) is 8.38. The van der Waals surface area contributed by atoms with Crippen LogP contribution in [-0.4, -0.2) is 27.3 Å². The zero-order valence-electron chi connectivity index (χ0n) is 16.9. The summed E-state index contributed by atoms with van der Waals surface area (Å²) in [5.74, 6) is 1.50. The molecule has 4 rings (SSSR count). The fourth-order valence-electron chi connectivity index (χ4n) is 4.56. The molecule has 0 radical (unpaired) electrons. The molecule has 0 saturated heterocycles. The van der Waals surface area contributed by atoms with Gasteiger partial charge in [-0.15, -0.1) is 11.3 Å². The van der Waals surface area contributed by atoms with E-state index in [1.807, 2.05) is 0 Å². The highest BCUT2D eigenvalue weighted by Crippen LogP contribution is 2.34. The second-order valence-corrected chi connectivity index (χ2v) is 10.4. The minimum atomic E-state index is 0.0297. The summed E-state index contributed by atoms with van der Waals surface area (Å²) >= 11 is 3.03. The van der Waals surface area contributed by atoms with Gasteiger partial charge in [0.2, 0.25) is 5.91 Å². The van der Waals surface area contributed by atoms with Crippen molar-refractivity contribution in [2.75, 3.05) is 5.75 Å². The van der Waals surface area contributed by atoms with Gasteiger partial charge in [0.05, 0.1) is 11.1 Å². The van der Waals surface area contributed by atoms with Crippen LogP contribution in [0, 0.1) is 11.8 Å². The summed E-state index contributed by atoms with van der Waals surface area (Å²) < 4.78 is 1.62. The molecule has 0 spiro atoms. The SMILES string of the molecule is C[C@H]1[C@@H](NC(=O)CSc2nc3sc4c(c3c(=O)n2C)CCCC4)CCC[C@@H]1C. The van der Waals surface area contributed by atoms with Gasteiger partial charge in [0, 0.05) is 18.0 Å². The van der Waals surface area contributed by atoms with E-state index in [9.17, 15) is 9.59 Å². The second kappa shape index (κ2) is 8.19. The number of carbonyl (C=O) groups is 1. The van der Waals surface area contributed by atoms with Crippen molar-refractivity contribution < 1.29 is 4.79 Å². The van der Waals surface area contributed by atoms with Crippen LogP contribution in [0.3, 0.4) is 0 Å². The van der Waals surface area contributed by atoms with Crippen LogP contribution >= 0.6 is 23.1 Å². The molecule has 1 amide bonds. The van der Waals surface area contributed by atoms with Crippen LogP contribution < -0.4 is 10.9 Å². The van der Waals surface area contributed by atoms with Gasteiger partial charge in [-0.2, -0.15) is 0 Å². The Balaban J connectivity index is 1.48. The van der Waals surface area contributed by atoms with Crippen LogP contribution in [0.15, 0.2) is 9.95 Å². The van der Waals surface area contributed by atoms with Gasteiger partial charge >= 0.3 is 0 Å². The number of aromatic nitrogens is 2. The molecule has 1 fully saturated rings. The number of nitrogens with one attached hydrogen (secondary N) is 1. The summed E-state index contributed by atoms with van der Waals surface area (Å²) in [6, 6.07) is 0.264. The number of nitrogens with zero attached hydrogens (tertiary/aromatic N) is 2. The van der Waals surface area contributed by atoms with Gasteiger partial charge in [0.1, 0.15) is 4.83 Å². The fraction of sp³-hybridized carbons (Fsp3) is 0.667. The minimum absolute atomic E-state index is 0.0297. The van der Waals surface area contributed by atoms with Crippen LogP contribution in [0.2, 0.25) is 0 Å². The molecule has 2 aromatic heterocycles. The van der Waals surface area contributed by atoms with Crippen molar-refractivity contribution in [2.45, 2.75) is 70.0 Å². The maximum absolute atomic E-state index is 12.9. The molecule has 7 heteroatoms. The highest BCUT2D eigenvalue weighted by atomic mass is 32.2. The van der Waals surface area contributed by atoms with Gasteiger partial charge in [0.15, 0.2) is 5.16 Å². The average Bonchev–Trinajstić information content (AvgIpc) is 3.05. The Morgan fingerprint density at radius 3 is 2.86 bits per heavy atom. The molecule has 0 aromatic carbocycles. The van der Waals surface area contributed by atoms with E-state index >= 15 is 0 Å². The van der Waals surface area contributed by atoms with E-state index in [0.29, 0.717) is 22.7 Å². The number of hydrogen-bond donors (Lipinski definition) is 1. The Bertz CT molecular complexity index is 949. The van der Waals surface area contributed by atoms with Gasteiger partial charge in [-0.3, -0.25) is 14.2 Å². The van der Waals surface area contributed by atoms with Crippen molar-refractivity contribution in [1.29, 1.82) is 0 Å². The summed E-state index contributed by atoms with van der Waals surface area (Å²) in [6.07, 6.45) is 7.88. The standard InChI is InChI=1S/C21H29N3O2S2/c1-12-7-6-9-15(13(12)2)22-17(25)11-27-21-23-19-18(20(26)24(21)3)14-8-4-5-10-16(14)28-19/h12-13,15H,4-11H2,1-3H3,(H,22,25)/t12-,13+,15-/m0/s1. The lowest BCUT2D eigenvalue weighted by Crippen LogP contribution is -2.44. The zero-order chi connectivity index (χ0) is 19.8. The number of thioether (sulfide) groups is 1. The van der Waals surface area contributed by atoms with Gasteiger partial charge in [-0.25, -0.2) is 4.98 Å². The average molecular weight is 420 g/mol. The first-order valence-electron chi connectivity index (χ1n) is 10.4. The van der Waals surface area contributed by atoms with Crippen molar-refractivity contribution in [3.05, 3.63) is 20.8 Å². The van der Waals surface area contributed by atoms with Crippen LogP contribution in [-0.2, 0) is 24.7 Å². The third-order valence-corrected chi connectivity index (χ3v) is 8.76. The largest absolute Gasteiger partial charge is 0.352 e. The van der Waals surface area contributed by atoms with Crippen molar-refractivity contribution in [3.8, 4) is 0 Å². The Kier molecular flexibility index (Phi) is 5.83. The van der Waals surface area contributed by atoms with E-state index in [2.05, 4.69) is 19.2 Å².